The molecule has 4 heteroatoms. The van der Waals surface area contributed by atoms with Crippen LogP contribution < -0.4 is 0 Å². The molecule has 0 saturated heterocycles. The van der Waals surface area contributed by atoms with Crippen molar-refractivity contribution < 1.29 is 4.42 Å². The zero-order chi connectivity index (χ0) is 15.6. The van der Waals surface area contributed by atoms with Gasteiger partial charge in [0, 0.05) is 34.1 Å². The highest BCUT2D eigenvalue weighted by Crippen LogP contribution is 2.24. The van der Waals surface area contributed by atoms with Crippen LogP contribution in [0.2, 0.25) is 5.02 Å². The van der Waals surface area contributed by atoms with Crippen molar-refractivity contribution in [3.8, 4) is 11.3 Å². The third-order valence-corrected chi connectivity index (χ3v) is 4.18. The van der Waals surface area contributed by atoms with Crippen LogP contribution in [0.5, 0.6) is 0 Å². The van der Waals surface area contributed by atoms with Crippen LogP contribution in [0.4, 0.5) is 0 Å². The maximum absolute atomic E-state index is 6.09. The second kappa shape index (κ2) is 5.94. The number of aromatic amines is 1. The van der Waals surface area contributed by atoms with Gasteiger partial charge in [0.25, 0.3) is 0 Å². The summed E-state index contributed by atoms with van der Waals surface area (Å²) < 4.78 is 5.86. The van der Waals surface area contributed by atoms with E-state index in [2.05, 4.69) is 9.97 Å². The summed E-state index contributed by atoms with van der Waals surface area (Å²) in [5.41, 5.74) is 3.37. The Bertz CT molecular complexity index is 940. The van der Waals surface area contributed by atoms with E-state index in [1.807, 2.05) is 54.7 Å². The molecule has 0 aliphatic rings. The maximum atomic E-state index is 6.09. The van der Waals surface area contributed by atoms with Gasteiger partial charge in [-0.05, 0) is 30.2 Å². The minimum Gasteiger partial charge on any atom is -0.441 e. The number of nitrogens with zero attached hydrogens (tertiary/aromatic N) is 1. The Morgan fingerprint density at radius 3 is 2.78 bits per heavy atom. The first-order valence-electron chi connectivity index (χ1n) is 7.55. The number of rotatable bonds is 4. The zero-order valence-electron chi connectivity index (χ0n) is 12.4. The van der Waals surface area contributed by atoms with Crippen LogP contribution in [-0.4, -0.2) is 9.97 Å². The molecule has 0 unspecified atom stereocenters. The second-order valence-corrected chi connectivity index (χ2v) is 5.92. The molecule has 4 aromatic rings. The van der Waals surface area contributed by atoms with Crippen LogP contribution >= 0.6 is 11.6 Å². The molecule has 2 heterocycles. The highest BCUT2D eigenvalue weighted by Gasteiger charge is 2.09. The van der Waals surface area contributed by atoms with Crippen LogP contribution in [0.1, 0.15) is 11.5 Å². The zero-order valence-corrected chi connectivity index (χ0v) is 13.2. The summed E-state index contributed by atoms with van der Waals surface area (Å²) >= 11 is 6.09. The van der Waals surface area contributed by atoms with Gasteiger partial charge in [-0.1, -0.05) is 41.9 Å². The Morgan fingerprint density at radius 2 is 1.91 bits per heavy atom. The van der Waals surface area contributed by atoms with E-state index in [-0.39, 0.29) is 0 Å². The molecule has 0 aliphatic heterocycles. The molecule has 0 aliphatic carbocycles. The van der Waals surface area contributed by atoms with Crippen LogP contribution in [0.15, 0.2) is 65.3 Å². The van der Waals surface area contributed by atoms with Gasteiger partial charge in [0.1, 0.15) is 0 Å². The van der Waals surface area contributed by atoms with Crippen molar-refractivity contribution in [2.45, 2.75) is 12.8 Å². The highest BCUT2D eigenvalue weighted by atomic mass is 35.5. The van der Waals surface area contributed by atoms with Crippen molar-refractivity contribution in [3.63, 3.8) is 0 Å². The molecule has 4 rings (SSSR count). The molecular formula is C19H15ClN2O. The maximum Gasteiger partial charge on any atom is 0.195 e. The lowest BCUT2D eigenvalue weighted by atomic mass is 10.1. The van der Waals surface area contributed by atoms with Gasteiger partial charge in [-0.2, -0.15) is 0 Å². The first kappa shape index (κ1) is 14.1. The van der Waals surface area contributed by atoms with E-state index < -0.39 is 0 Å². The van der Waals surface area contributed by atoms with Crippen molar-refractivity contribution in [2.75, 3.05) is 0 Å². The van der Waals surface area contributed by atoms with E-state index in [9.17, 15) is 0 Å². The lowest BCUT2D eigenvalue weighted by molar-refractivity contribution is 0.505. The van der Waals surface area contributed by atoms with Crippen LogP contribution in [0, 0.1) is 0 Å². The summed E-state index contributed by atoms with van der Waals surface area (Å²) in [4.78, 5) is 7.66. The minimum absolute atomic E-state index is 0.750. The van der Waals surface area contributed by atoms with Crippen molar-refractivity contribution in [3.05, 3.63) is 77.4 Å². The van der Waals surface area contributed by atoms with Gasteiger partial charge in [0.05, 0.1) is 6.20 Å². The van der Waals surface area contributed by atoms with Crippen molar-refractivity contribution in [1.82, 2.24) is 9.97 Å². The Morgan fingerprint density at radius 1 is 1.04 bits per heavy atom. The first-order chi connectivity index (χ1) is 11.3. The number of hydrogen-bond acceptors (Lipinski definition) is 2. The van der Waals surface area contributed by atoms with Gasteiger partial charge in [0.15, 0.2) is 11.7 Å². The number of aryl methyl sites for hydroxylation is 2. The number of oxazole rings is 1. The molecule has 0 spiro atoms. The number of hydrogen-bond donors (Lipinski definition) is 1. The number of fused-ring (bicyclic) bond motifs is 1. The number of nitrogens with one attached hydrogen (secondary N) is 1. The molecule has 0 bridgehead atoms. The van der Waals surface area contributed by atoms with Gasteiger partial charge >= 0.3 is 0 Å². The minimum atomic E-state index is 0.750. The molecule has 1 N–H and O–H groups in total. The van der Waals surface area contributed by atoms with Crippen LogP contribution in [-0.2, 0) is 12.8 Å². The van der Waals surface area contributed by atoms with E-state index in [4.69, 9.17) is 16.0 Å². The molecule has 0 saturated carbocycles. The molecule has 0 atom stereocenters. The van der Waals surface area contributed by atoms with Gasteiger partial charge in [-0.25, -0.2) is 4.98 Å². The quantitative estimate of drug-likeness (QED) is 0.556. The SMILES string of the molecule is Clc1ccc2[nH]cc(CCc3ncc(-c4ccccc4)o3)c2c1. The summed E-state index contributed by atoms with van der Waals surface area (Å²) in [7, 11) is 0. The molecule has 0 amide bonds. The van der Waals surface area contributed by atoms with Gasteiger partial charge in [-0.3, -0.25) is 0 Å². The normalized spacial score (nSPS) is 11.2. The summed E-state index contributed by atoms with van der Waals surface area (Å²) in [6.45, 7) is 0. The van der Waals surface area contributed by atoms with Crippen molar-refractivity contribution >= 4 is 22.5 Å². The lowest BCUT2D eigenvalue weighted by Crippen LogP contribution is -1.90. The Hall–Kier alpha value is -2.52. The Kier molecular flexibility index (Phi) is 3.64. The monoisotopic (exact) mass is 322 g/mol. The van der Waals surface area contributed by atoms with Crippen LogP contribution in [0.3, 0.4) is 0 Å². The molecule has 2 aromatic heterocycles. The highest BCUT2D eigenvalue weighted by molar-refractivity contribution is 6.31. The summed E-state index contributed by atoms with van der Waals surface area (Å²) in [5, 5.41) is 1.91. The molecule has 23 heavy (non-hydrogen) atoms. The molecule has 2 aromatic carbocycles. The third-order valence-electron chi connectivity index (χ3n) is 3.95. The predicted molar refractivity (Wildman–Crippen MR) is 92.7 cm³/mol. The average Bonchev–Trinajstić information content (AvgIpc) is 3.20. The lowest BCUT2D eigenvalue weighted by Gasteiger charge is -1.98. The number of benzene rings is 2. The summed E-state index contributed by atoms with van der Waals surface area (Å²) in [6.07, 6.45) is 5.43. The largest absolute Gasteiger partial charge is 0.441 e. The first-order valence-corrected chi connectivity index (χ1v) is 7.93. The van der Waals surface area contributed by atoms with Crippen LogP contribution in [0.25, 0.3) is 22.2 Å². The number of aromatic nitrogens is 2. The van der Waals surface area contributed by atoms with E-state index in [1.54, 1.807) is 6.20 Å². The van der Waals surface area contributed by atoms with E-state index in [0.717, 1.165) is 46.0 Å². The fourth-order valence-electron chi connectivity index (χ4n) is 2.76. The molecular weight excluding hydrogens is 308 g/mol. The van der Waals surface area contributed by atoms with Gasteiger partial charge < -0.3 is 9.40 Å². The van der Waals surface area contributed by atoms with E-state index in [1.165, 1.54) is 5.56 Å². The molecule has 0 radical (unpaired) electrons. The Labute approximate surface area is 138 Å². The topological polar surface area (TPSA) is 41.8 Å². The summed E-state index contributed by atoms with van der Waals surface area (Å²) in [5.74, 6) is 1.56. The fourth-order valence-corrected chi connectivity index (χ4v) is 2.93. The molecule has 0 fully saturated rings. The van der Waals surface area contributed by atoms with E-state index in [0.29, 0.717) is 0 Å². The van der Waals surface area contributed by atoms with Gasteiger partial charge in [0.2, 0.25) is 0 Å². The molecule has 3 nitrogen and oxygen atoms in total. The van der Waals surface area contributed by atoms with E-state index >= 15 is 0 Å². The van der Waals surface area contributed by atoms with Gasteiger partial charge in [-0.15, -0.1) is 0 Å². The number of halogens is 1. The summed E-state index contributed by atoms with van der Waals surface area (Å²) in [6, 6.07) is 15.9. The predicted octanol–water partition coefficient (Wildman–Crippen LogP) is 5.26. The third kappa shape index (κ3) is 2.88. The number of H-pyrrole nitrogens is 1. The fraction of sp³-hybridized carbons (Fsp3) is 0.105. The molecule has 114 valence electrons. The Balaban J connectivity index is 1.53. The van der Waals surface area contributed by atoms with Crippen molar-refractivity contribution in [1.29, 1.82) is 0 Å². The second-order valence-electron chi connectivity index (χ2n) is 5.49. The average molecular weight is 323 g/mol. The smallest absolute Gasteiger partial charge is 0.195 e. The standard InChI is InChI=1S/C19H15ClN2O/c20-15-7-8-17-16(10-15)14(11-21-17)6-9-19-22-12-18(23-19)13-4-2-1-3-5-13/h1-5,7-8,10-12,21H,6,9H2. The van der Waals surface area contributed by atoms with Crippen molar-refractivity contribution in [2.24, 2.45) is 0 Å².